The number of halogens is 2. The van der Waals surface area contributed by atoms with Crippen LogP contribution < -0.4 is 3.82 Å². The minimum atomic E-state index is -5.67. The van der Waals surface area contributed by atoms with Crippen LogP contribution in [0.2, 0.25) is 0 Å². The maximum atomic E-state index is 12.9. The quantitative estimate of drug-likeness (QED) is 0.305. The second-order valence-electron chi connectivity index (χ2n) is 3.11. The third-order valence-electron chi connectivity index (χ3n) is 2.49. The van der Waals surface area contributed by atoms with Crippen LogP contribution in [-0.4, -0.2) is 41.1 Å². The van der Waals surface area contributed by atoms with E-state index in [4.69, 9.17) is 0 Å². The van der Waals surface area contributed by atoms with Crippen molar-refractivity contribution < 1.29 is 29.2 Å². The molecule has 0 N–H and O–H groups in total. The topological polar surface area (TPSA) is 74.2 Å². The Morgan fingerprint density at radius 1 is 0.875 bits per heavy atom. The number of hydrogen-bond donors (Lipinski definition) is 0. The van der Waals surface area contributed by atoms with E-state index in [0.717, 1.165) is 0 Å². The first kappa shape index (κ1) is 15.7. The van der Waals surface area contributed by atoms with Gasteiger partial charge in [-0.3, -0.25) is 0 Å². The second-order valence-corrected chi connectivity index (χ2v) is 5.68. The highest BCUT2D eigenvalue weighted by Gasteiger charge is 2.63. The normalized spacial score (nSPS) is 14.4. The molecule has 0 fully saturated rings. The van der Waals surface area contributed by atoms with Crippen molar-refractivity contribution >= 4 is 20.8 Å². The van der Waals surface area contributed by atoms with Gasteiger partial charge in [0, 0.05) is 0 Å². The monoisotopic (exact) mass is 281 g/mol. The molecule has 0 saturated carbocycles. The van der Waals surface area contributed by atoms with Gasteiger partial charge in [-0.05, 0) is 28.5 Å². The van der Waals surface area contributed by atoms with Gasteiger partial charge >= 0.3 is 24.6 Å². The summed E-state index contributed by atoms with van der Waals surface area (Å²) >= 11 is 0. The Morgan fingerprint density at radius 3 is 1.19 bits per heavy atom. The summed E-state index contributed by atoms with van der Waals surface area (Å²) in [5.41, 5.74) is 0. The molecule has 0 bridgehead atoms. The first-order valence-electron chi connectivity index (χ1n) is 4.61. The SMILES string of the molecule is CC[N+](CC)(CC)[N+](S(=O)(=O)F)S(=O)(=O)F. The first-order valence-corrected chi connectivity index (χ1v) is 7.29. The Hall–Kier alpha value is -0.320. The third kappa shape index (κ3) is 3.09. The Bertz CT molecular complexity index is 389. The van der Waals surface area contributed by atoms with Crippen LogP contribution in [0, 0.1) is 0 Å². The molecule has 6 nitrogen and oxygen atoms in total. The highest BCUT2D eigenvalue weighted by molar-refractivity contribution is 8.00. The predicted octanol–water partition coefficient (Wildman–Crippen LogP) is 0.347. The molecule has 0 rings (SSSR count). The molecule has 0 atom stereocenters. The van der Waals surface area contributed by atoms with Crippen LogP contribution in [0.25, 0.3) is 0 Å². The van der Waals surface area contributed by atoms with Crippen molar-refractivity contribution in [1.29, 1.82) is 0 Å². The number of quaternary nitrogens is 1. The summed E-state index contributed by atoms with van der Waals surface area (Å²) in [6, 6.07) is 0. The van der Waals surface area contributed by atoms with Gasteiger partial charge in [0.1, 0.15) is 19.6 Å². The molecule has 0 amide bonds. The van der Waals surface area contributed by atoms with E-state index in [-0.39, 0.29) is 19.6 Å². The predicted molar refractivity (Wildman–Crippen MR) is 54.1 cm³/mol. The molecule has 0 aromatic heterocycles. The number of rotatable bonds is 6. The molecular weight excluding hydrogens is 266 g/mol. The third-order valence-corrected chi connectivity index (χ3v) is 4.99. The number of hydrogen-bond acceptors (Lipinski definition) is 4. The average Bonchev–Trinajstić information content (AvgIpc) is 2.10. The first-order chi connectivity index (χ1) is 7.05. The van der Waals surface area contributed by atoms with Crippen molar-refractivity contribution in [3.05, 3.63) is 0 Å². The van der Waals surface area contributed by atoms with E-state index < -0.39 is 29.2 Å². The van der Waals surface area contributed by atoms with Gasteiger partial charge in [0.15, 0.2) is 0 Å². The zero-order chi connectivity index (χ0) is 13.2. The van der Waals surface area contributed by atoms with E-state index in [0.29, 0.717) is 0 Å². The molecule has 0 saturated heterocycles. The van der Waals surface area contributed by atoms with E-state index in [1.54, 1.807) is 0 Å². The van der Waals surface area contributed by atoms with Crippen molar-refractivity contribution in [1.82, 2.24) is 3.82 Å². The maximum absolute atomic E-state index is 12.9. The van der Waals surface area contributed by atoms with E-state index in [9.17, 15) is 24.6 Å². The van der Waals surface area contributed by atoms with Crippen molar-refractivity contribution in [2.24, 2.45) is 0 Å². The van der Waals surface area contributed by atoms with Crippen LogP contribution in [0.3, 0.4) is 0 Å². The zero-order valence-electron chi connectivity index (χ0n) is 9.22. The Morgan fingerprint density at radius 2 is 1.12 bits per heavy atom. The molecule has 1 radical (unpaired) electrons. The highest BCUT2D eigenvalue weighted by atomic mass is 32.3. The van der Waals surface area contributed by atoms with Gasteiger partial charge in [0.05, 0.1) is 0 Å². The summed E-state index contributed by atoms with van der Waals surface area (Å²) < 4.78 is 67.1. The van der Waals surface area contributed by atoms with Crippen molar-refractivity contribution in [2.45, 2.75) is 20.8 Å². The lowest BCUT2D eigenvalue weighted by atomic mass is 10.5. The molecule has 0 aliphatic carbocycles. The van der Waals surface area contributed by atoms with Crippen LogP contribution in [0.15, 0.2) is 0 Å². The smallest absolute Gasteiger partial charge is 0.131 e. The summed E-state index contributed by atoms with van der Waals surface area (Å²) in [6.45, 7) is 4.11. The molecule has 0 aromatic carbocycles. The average molecular weight is 281 g/mol. The molecule has 0 aromatic rings. The van der Waals surface area contributed by atoms with Crippen molar-refractivity contribution in [3.8, 4) is 0 Å². The molecule has 97 valence electrons. The Balaban J connectivity index is 5.89. The lowest BCUT2D eigenvalue weighted by molar-refractivity contribution is -0.967. The lowest BCUT2D eigenvalue weighted by Crippen LogP contribution is -2.66. The van der Waals surface area contributed by atoms with Crippen LogP contribution in [0.1, 0.15) is 20.8 Å². The van der Waals surface area contributed by atoms with Crippen molar-refractivity contribution in [2.75, 3.05) is 19.6 Å². The fraction of sp³-hybridized carbons (Fsp3) is 1.00. The molecular formula is C6H15F2N2O4S2+2. The summed E-state index contributed by atoms with van der Waals surface area (Å²) in [4.78, 5) is 0. The van der Waals surface area contributed by atoms with Crippen LogP contribution in [0.4, 0.5) is 7.77 Å². The molecule has 10 heteroatoms. The summed E-state index contributed by atoms with van der Waals surface area (Å²) in [5.74, 6) is 0. The largest absolute Gasteiger partial charge is 0.598 e. The summed E-state index contributed by atoms with van der Waals surface area (Å²) in [6.07, 6.45) is 0. The summed E-state index contributed by atoms with van der Waals surface area (Å²) in [7, 11) is -11.3. The van der Waals surface area contributed by atoms with Gasteiger partial charge in [0.25, 0.3) is 0 Å². The fourth-order valence-electron chi connectivity index (χ4n) is 1.54. The van der Waals surface area contributed by atoms with E-state index in [2.05, 4.69) is 0 Å². The van der Waals surface area contributed by atoms with Crippen LogP contribution in [0.5, 0.6) is 0 Å². The van der Waals surface area contributed by atoms with Crippen LogP contribution >= 0.6 is 0 Å². The van der Waals surface area contributed by atoms with Gasteiger partial charge in [-0.25, -0.2) is 0 Å². The van der Waals surface area contributed by atoms with Gasteiger partial charge in [-0.15, -0.1) is 16.8 Å². The Kier molecular flexibility index (Phi) is 4.80. The highest BCUT2D eigenvalue weighted by Crippen LogP contribution is 2.20. The van der Waals surface area contributed by atoms with Crippen molar-refractivity contribution in [3.63, 3.8) is 0 Å². The zero-order valence-corrected chi connectivity index (χ0v) is 10.9. The lowest BCUT2D eigenvalue weighted by Gasteiger charge is -2.27. The molecule has 0 spiro atoms. The standard InChI is InChI=1S/C6H15F2N2O4S2/c1-4-10(5-2,6-3)9(15(7,11)12)16(8,13)14/h4-6H2,1-3H3/q+2. The minimum absolute atomic E-state index is 0.0701. The van der Waals surface area contributed by atoms with Gasteiger partial charge in [-0.1, -0.05) is 4.59 Å². The minimum Gasteiger partial charge on any atom is -0.131 e. The van der Waals surface area contributed by atoms with Gasteiger partial charge < -0.3 is 0 Å². The molecule has 0 aliphatic heterocycles. The van der Waals surface area contributed by atoms with Gasteiger partial charge in [0.2, 0.25) is 0 Å². The Labute approximate surface area is 94.7 Å². The van der Waals surface area contributed by atoms with E-state index in [1.165, 1.54) is 20.8 Å². The fourth-order valence-corrected chi connectivity index (χ4v) is 3.91. The van der Waals surface area contributed by atoms with Gasteiger partial charge in [-0.2, -0.15) is 0 Å². The second kappa shape index (κ2) is 4.90. The molecule has 0 heterocycles. The molecule has 0 unspecified atom stereocenters. The number of nitrogens with zero attached hydrogens (tertiary/aromatic N) is 2. The van der Waals surface area contributed by atoms with E-state index >= 15 is 0 Å². The maximum Gasteiger partial charge on any atom is 0.598 e. The molecule has 16 heavy (non-hydrogen) atoms. The summed E-state index contributed by atoms with van der Waals surface area (Å²) in [5, 5.41) is 0. The van der Waals surface area contributed by atoms with Crippen LogP contribution in [-0.2, 0) is 20.8 Å². The van der Waals surface area contributed by atoms with E-state index in [1.807, 2.05) is 0 Å². The molecule has 0 aliphatic rings.